The average Bonchev–Trinajstić information content (AvgIpc) is 1.60. The van der Waals surface area contributed by atoms with Crippen LogP contribution in [0.3, 0.4) is 0 Å². The van der Waals surface area contributed by atoms with E-state index in [0.717, 1.165) is 163 Å². The number of rotatable bonds is 26. The zero-order valence-electron chi connectivity index (χ0n) is 67.8. The summed E-state index contributed by atoms with van der Waals surface area (Å²) in [6.45, 7) is 51.1. The zero-order valence-corrected chi connectivity index (χ0v) is 71.8. The highest BCUT2D eigenvalue weighted by Gasteiger charge is 2.36. The summed E-state index contributed by atoms with van der Waals surface area (Å²) < 4.78 is 33.9. The minimum atomic E-state index is -1.21. The Morgan fingerprint density at radius 3 is 1.35 bits per heavy atom. The minimum absolute atomic E-state index is 0.0126. The van der Waals surface area contributed by atoms with E-state index in [-0.39, 0.29) is 22.6 Å². The van der Waals surface area contributed by atoms with Gasteiger partial charge in [-0.25, -0.2) is 9.36 Å². The number of anilines is 3. The number of hydrogen-bond acceptors (Lipinski definition) is 10. The van der Waals surface area contributed by atoms with Crippen LogP contribution in [0.5, 0.6) is 0 Å². The van der Waals surface area contributed by atoms with Crippen molar-refractivity contribution in [1.29, 1.82) is 0 Å². The van der Waals surface area contributed by atoms with E-state index in [1.807, 2.05) is 38.4 Å². The molecule has 0 saturated heterocycles. The number of nitrogens with one attached hydrogen (secondary N) is 3. The number of carbonyl (C=O) groups is 2. The predicted octanol–water partition coefficient (Wildman–Crippen LogP) is 19.4. The Bertz CT molecular complexity index is 4480. The number of carbonyl (C=O) groups excluding carboxylic acids is 2. The van der Waals surface area contributed by atoms with Crippen molar-refractivity contribution in [3.8, 4) is 34.2 Å². The van der Waals surface area contributed by atoms with E-state index in [2.05, 4.69) is 208 Å². The third-order valence-electron chi connectivity index (χ3n) is 21.4. The van der Waals surface area contributed by atoms with E-state index in [1.165, 1.54) is 63.6 Å². The van der Waals surface area contributed by atoms with Crippen LogP contribution >= 0.6 is 0 Å². The van der Waals surface area contributed by atoms with Gasteiger partial charge in [-0.05, 0) is 153 Å². The lowest BCUT2D eigenvalue weighted by Crippen LogP contribution is -2.25. The van der Waals surface area contributed by atoms with Crippen LogP contribution < -0.4 is 15.1 Å². The summed E-state index contributed by atoms with van der Waals surface area (Å²) in [6, 6.07) is 30.1. The van der Waals surface area contributed by atoms with Crippen molar-refractivity contribution in [3.63, 3.8) is 0 Å². The Balaban J connectivity index is 0.000000172. The van der Waals surface area contributed by atoms with Gasteiger partial charge >= 0.3 is 0 Å². The first kappa shape index (κ1) is 79.9. The van der Waals surface area contributed by atoms with Gasteiger partial charge in [0.15, 0.2) is 0 Å². The molecule has 6 heterocycles. The molecule has 0 saturated carbocycles. The minimum Gasteiger partial charge on any atom is -0.388 e. The maximum atomic E-state index is 12.2. The summed E-state index contributed by atoms with van der Waals surface area (Å²) in [5.41, 5.74) is 21.4. The van der Waals surface area contributed by atoms with Gasteiger partial charge in [-0.1, -0.05) is 138 Å². The normalized spacial score (nSPS) is 15.6. The molecule has 3 aliphatic carbocycles. The summed E-state index contributed by atoms with van der Waals surface area (Å²) in [7, 11) is 0.929. The molecular formula is C82H126N12O6Si4. The number of aromatic amines is 2. The molecule has 0 spiro atoms. The topological polar surface area (TPSA) is 180 Å². The molecule has 2 amide bonds. The molecule has 12 rings (SSSR count). The van der Waals surface area contributed by atoms with Gasteiger partial charge in [0.25, 0.3) is 0 Å². The highest BCUT2D eigenvalue weighted by molar-refractivity contribution is 6.77. The van der Waals surface area contributed by atoms with E-state index in [4.69, 9.17) is 29.1 Å². The SMILES string of the molecule is CC(=O)N(C)c1ccc2cc(-c3n[nH]c4c3CCC(C)(C)C4)[nH]c2c1.CC(=O)N(C)c1ccc2cc(-c3nn(COCC[Si](C)(C)C)c4c3CCC(C)(C)C4)n(COCC[Si](C)(C)C)c2c1.CNc1ccc2cc(-c3nn(COCC[Si](C)(C)C)c4c3CCC(C)(C)C4)n(COCC[Si](C)(C)C)c2c1. The summed E-state index contributed by atoms with van der Waals surface area (Å²) >= 11 is 0. The first-order valence-corrected chi connectivity index (χ1v) is 53.1. The molecule has 0 aliphatic heterocycles. The fourth-order valence-electron chi connectivity index (χ4n) is 14.2. The van der Waals surface area contributed by atoms with Crippen molar-refractivity contribution < 1.29 is 28.5 Å². The zero-order chi connectivity index (χ0) is 75.6. The summed E-state index contributed by atoms with van der Waals surface area (Å²) in [6.07, 6.45) is 9.67. The molecule has 0 atom stereocenters. The quantitative estimate of drug-likeness (QED) is 0.0349. The predicted molar refractivity (Wildman–Crippen MR) is 444 cm³/mol. The van der Waals surface area contributed by atoms with Gasteiger partial charge in [0, 0.05) is 166 Å². The van der Waals surface area contributed by atoms with Crippen molar-refractivity contribution in [2.75, 3.05) is 62.7 Å². The maximum Gasteiger partial charge on any atom is 0.223 e. The van der Waals surface area contributed by atoms with Gasteiger partial charge in [-0.2, -0.15) is 15.3 Å². The smallest absolute Gasteiger partial charge is 0.223 e. The highest BCUT2D eigenvalue weighted by Crippen LogP contribution is 2.44. The lowest BCUT2D eigenvalue weighted by atomic mass is 9.76. The van der Waals surface area contributed by atoms with Crippen LogP contribution in [-0.4, -0.2) is 136 Å². The Labute approximate surface area is 625 Å². The Morgan fingerprint density at radius 1 is 0.500 bits per heavy atom. The van der Waals surface area contributed by atoms with Gasteiger partial charge in [0.05, 0.1) is 28.1 Å². The van der Waals surface area contributed by atoms with E-state index in [0.29, 0.717) is 32.3 Å². The highest BCUT2D eigenvalue weighted by atomic mass is 28.3. The van der Waals surface area contributed by atoms with Crippen LogP contribution in [0.25, 0.3) is 66.9 Å². The molecule has 3 N–H and O–H groups in total. The largest absolute Gasteiger partial charge is 0.388 e. The first-order chi connectivity index (χ1) is 48.6. The van der Waals surface area contributed by atoms with Crippen LogP contribution in [0.1, 0.15) is 108 Å². The van der Waals surface area contributed by atoms with Crippen molar-refractivity contribution in [3.05, 3.63) is 107 Å². The number of ether oxygens (including phenoxy) is 4. The molecule has 3 aliphatic rings. The second kappa shape index (κ2) is 32.0. The molecule has 3 aromatic carbocycles. The Hall–Kier alpha value is -6.64. The van der Waals surface area contributed by atoms with E-state index >= 15 is 0 Å². The summed E-state index contributed by atoms with van der Waals surface area (Å²) in [5, 5.41) is 25.1. The number of fused-ring (bicyclic) bond motifs is 6. The second-order valence-corrected chi connectivity index (χ2v) is 59.8. The number of nitrogens with zero attached hydrogens (tertiary/aromatic N) is 9. The number of amides is 2. The molecule has 104 heavy (non-hydrogen) atoms. The third kappa shape index (κ3) is 20.3. The van der Waals surface area contributed by atoms with Crippen molar-refractivity contribution in [2.45, 2.75) is 243 Å². The fraction of sp³-hybridized carbons (Fsp3) is 0.573. The molecule has 0 unspecified atom stereocenters. The van der Waals surface area contributed by atoms with E-state index in [9.17, 15) is 9.59 Å². The van der Waals surface area contributed by atoms with Gasteiger partial charge in [-0.3, -0.25) is 14.7 Å². The molecule has 9 aromatic rings. The van der Waals surface area contributed by atoms with Crippen LogP contribution in [0.2, 0.25) is 103 Å². The molecular weight excluding hydrogens is 1360 g/mol. The van der Waals surface area contributed by atoms with E-state index in [1.54, 1.807) is 30.7 Å². The molecule has 0 bridgehead atoms. The number of hydrogen-bond donors (Lipinski definition) is 3. The monoisotopic (exact) mass is 1490 g/mol. The first-order valence-electron chi connectivity index (χ1n) is 38.3. The molecule has 6 aromatic heterocycles. The molecule has 22 heteroatoms. The number of H-pyrrole nitrogens is 2. The number of benzene rings is 3. The molecule has 0 radical (unpaired) electrons. The average molecular weight is 1490 g/mol. The van der Waals surface area contributed by atoms with Gasteiger partial charge in [0.2, 0.25) is 11.8 Å². The Morgan fingerprint density at radius 2 is 0.904 bits per heavy atom. The third-order valence-corrected chi connectivity index (χ3v) is 28.2. The van der Waals surface area contributed by atoms with Gasteiger partial charge in [0.1, 0.15) is 44.0 Å². The van der Waals surface area contributed by atoms with Crippen molar-refractivity contribution >= 4 is 93.9 Å². The maximum absolute atomic E-state index is 12.2. The Kier molecular flexibility index (Phi) is 24.6. The fourth-order valence-corrected chi connectivity index (χ4v) is 17.2. The molecule has 566 valence electrons. The van der Waals surface area contributed by atoms with Crippen LogP contribution in [0.4, 0.5) is 17.1 Å². The molecule has 18 nitrogen and oxygen atoms in total. The summed E-state index contributed by atoms with van der Waals surface area (Å²) in [4.78, 5) is 30.6. The van der Waals surface area contributed by atoms with Crippen molar-refractivity contribution in [1.82, 2.24) is 43.9 Å². The van der Waals surface area contributed by atoms with E-state index < -0.39 is 32.3 Å². The lowest BCUT2D eigenvalue weighted by molar-refractivity contribution is -0.117. The van der Waals surface area contributed by atoms with Gasteiger partial charge in [-0.15, -0.1) is 0 Å². The lowest BCUT2D eigenvalue weighted by Gasteiger charge is -2.30. The number of aromatic nitrogens is 9. The van der Waals surface area contributed by atoms with Gasteiger partial charge < -0.3 is 48.2 Å². The van der Waals surface area contributed by atoms with Crippen LogP contribution in [0.15, 0.2) is 72.8 Å². The molecule has 0 fully saturated rings. The van der Waals surface area contributed by atoms with Crippen LogP contribution in [0, 0.1) is 16.2 Å². The summed E-state index contributed by atoms with van der Waals surface area (Å²) in [5.74, 6) is 0.0359. The second-order valence-electron chi connectivity index (χ2n) is 37.3. The standard InChI is InChI=1S/C32H52N4O3Si2.C30H50N4O2Si2.C20H24N4O/c1-24(37)34(4)26-12-11-25-19-29(35(28(25)20-26)22-38-15-17-40(5,6)7)31-27-13-14-32(2,3)21-30(27)36(33-31)23-39-16-18-41(8,9)10;1-30(2)13-12-25-28(20-30)34(22-36-15-17-38(7,8)9)32-29(25)27-18-23-10-11-24(31-3)19-26(23)33(27)21-35-14-16-37(4,5)6;1-12(25)24(4)14-6-5-13-9-17(21-16(13)10-14)19-15-7-8-20(2,3)11-18(15)22-23-19/h11-12,19-20H,13-18,21-23H2,1-10H3;10-11,18-19,31H,12-17,20-22H2,1-9H3;5-6,9-10,21H,7-8,11H2,1-4H3,(H,22,23). The van der Waals surface area contributed by atoms with Crippen LogP contribution in [-0.2, 0) is 94.0 Å². The van der Waals surface area contributed by atoms with Crippen molar-refractivity contribution in [2.24, 2.45) is 16.2 Å².